The summed E-state index contributed by atoms with van der Waals surface area (Å²) in [5, 5.41) is 4.47. The van der Waals surface area contributed by atoms with Crippen molar-refractivity contribution in [1.82, 2.24) is 14.5 Å². The van der Waals surface area contributed by atoms with Crippen LogP contribution in [0.2, 0.25) is 5.02 Å². The van der Waals surface area contributed by atoms with Gasteiger partial charge in [0.2, 0.25) is 5.95 Å². The van der Waals surface area contributed by atoms with Crippen molar-refractivity contribution in [2.24, 2.45) is 0 Å². The number of benzene rings is 3. The molecule has 0 amide bonds. The van der Waals surface area contributed by atoms with E-state index in [4.69, 9.17) is 21.3 Å². The Bertz CT molecular complexity index is 1700. The van der Waals surface area contributed by atoms with Crippen molar-refractivity contribution in [3.8, 4) is 22.3 Å². The van der Waals surface area contributed by atoms with Crippen LogP contribution in [0.15, 0.2) is 89.9 Å². The standard InChI is InChI=1S/C31H26ClFN4O2/c32-27-17-21(24-8-4-5-9-28(24)33)10-11-25(27)26-16-22-18-34-31(35-23-12-14-39-15-13-23)36-29(22)37(30(26)38)19-20-6-2-1-3-7-20/h1-11,16-18,23H,12-15,19H2,(H,34,35,36). The molecule has 6 rings (SSSR count). The number of ether oxygens (including phenoxy) is 1. The van der Waals surface area contributed by atoms with E-state index in [0.717, 1.165) is 18.4 Å². The Morgan fingerprint density at radius 2 is 1.72 bits per heavy atom. The molecule has 3 aromatic carbocycles. The minimum absolute atomic E-state index is 0.219. The number of nitrogens with one attached hydrogen (secondary N) is 1. The maximum atomic E-state index is 14.4. The Kier molecular flexibility index (Phi) is 7.09. The number of hydrogen-bond acceptors (Lipinski definition) is 5. The van der Waals surface area contributed by atoms with Gasteiger partial charge in [0.25, 0.3) is 5.56 Å². The van der Waals surface area contributed by atoms with Gasteiger partial charge in [0.1, 0.15) is 11.5 Å². The molecular formula is C31H26ClFN4O2. The van der Waals surface area contributed by atoms with Gasteiger partial charge in [-0.15, -0.1) is 0 Å². The quantitative estimate of drug-likeness (QED) is 0.264. The Balaban J connectivity index is 1.46. The predicted octanol–water partition coefficient (Wildman–Crippen LogP) is 6.56. The van der Waals surface area contributed by atoms with Crippen LogP contribution in [-0.2, 0) is 11.3 Å². The normalized spacial score (nSPS) is 14.0. The van der Waals surface area contributed by atoms with Gasteiger partial charge in [0, 0.05) is 52.6 Å². The van der Waals surface area contributed by atoms with Gasteiger partial charge in [0.15, 0.2) is 0 Å². The van der Waals surface area contributed by atoms with E-state index >= 15 is 0 Å². The number of halogens is 2. The minimum atomic E-state index is -0.334. The molecule has 5 aromatic rings. The lowest BCUT2D eigenvalue weighted by molar-refractivity contribution is 0.0903. The van der Waals surface area contributed by atoms with Gasteiger partial charge in [-0.2, -0.15) is 4.98 Å². The number of pyridine rings is 1. The van der Waals surface area contributed by atoms with Crippen molar-refractivity contribution in [2.45, 2.75) is 25.4 Å². The summed E-state index contributed by atoms with van der Waals surface area (Å²) >= 11 is 6.71. The molecule has 6 nitrogen and oxygen atoms in total. The summed E-state index contributed by atoms with van der Waals surface area (Å²) in [7, 11) is 0. The van der Waals surface area contributed by atoms with Crippen molar-refractivity contribution < 1.29 is 9.13 Å². The number of fused-ring (bicyclic) bond motifs is 1. The summed E-state index contributed by atoms with van der Waals surface area (Å²) in [6.45, 7) is 1.73. The van der Waals surface area contributed by atoms with Crippen molar-refractivity contribution in [3.63, 3.8) is 0 Å². The van der Waals surface area contributed by atoms with E-state index in [1.165, 1.54) is 6.07 Å². The van der Waals surface area contributed by atoms with E-state index in [2.05, 4.69) is 10.3 Å². The van der Waals surface area contributed by atoms with Gasteiger partial charge >= 0.3 is 0 Å². The first kappa shape index (κ1) is 25.2. The Labute approximate surface area is 230 Å². The second-order valence-corrected chi connectivity index (χ2v) is 10.0. The molecule has 1 fully saturated rings. The molecule has 1 aliphatic rings. The molecule has 1 N–H and O–H groups in total. The van der Waals surface area contributed by atoms with Crippen LogP contribution in [-0.4, -0.2) is 33.8 Å². The molecule has 39 heavy (non-hydrogen) atoms. The third-order valence-corrected chi connectivity index (χ3v) is 7.32. The maximum Gasteiger partial charge on any atom is 0.260 e. The summed E-state index contributed by atoms with van der Waals surface area (Å²) < 4.78 is 21.5. The van der Waals surface area contributed by atoms with E-state index in [0.29, 0.717) is 64.0 Å². The Morgan fingerprint density at radius 1 is 0.949 bits per heavy atom. The van der Waals surface area contributed by atoms with Crippen LogP contribution in [0, 0.1) is 5.82 Å². The number of anilines is 1. The molecule has 0 bridgehead atoms. The van der Waals surface area contributed by atoms with Crippen LogP contribution < -0.4 is 10.9 Å². The van der Waals surface area contributed by atoms with Crippen molar-refractivity contribution in [1.29, 1.82) is 0 Å². The number of rotatable bonds is 6. The number of hydrogen-bond donors (Lipinski definition) is 1. The Morgan fingerprint density at radius 3 is 2.49 bits per heavy atom. The first-order chi connectivity index (χ1) is 19.1. The van der Waals surface area contributed by atoms with E-state index in [1.54, 1.807) is 53.2 Å². The zero-order valence-corrected chi connectivity index (χ0v) is 21.9. The highest BCUT2D eigenvalue weighted by Gasteiger charge is 2.19. The highest BCUT2D eigenvalue weighted by molar-refractivity contribution is 6.33. The molecule has 196 valence electrons. The fraction of sp³-hybridized carbons (Fsp3) is 0.194. The van der Waals surface area contributed by atoms with E-state index in [9.17, 15) is 9.18 Å². The fourth-order valence-electron chi connectivity index (χ4n) is 4.96. The minimum Gasteiger partial charge on any atom is -0.381 e. The average molecular weight is 541 g/mol. The zero-order chi connectivity index (χ0) is 26.8. The zero-order valence-electron chi connectivity index (χ0n) is 21.1. The van der Waals surface area contributed by atoms with Crippen LogP contribution in [0.3, 0.4) is 0 Å². The van der Waals surface area contributed by atoms with E-state index < -0.39 is 0 Å². The van der Waals surface area contributed by atoms with E-state index in [-0.39, 0.29) is 17.4 Å². The fourth-order valence-corrected chi connectivity index (χ4v) is 5.24. The van der Waals surface area contributed by atoms with Crippen LogP contribution in [0.25, 0.3) is 33.3 Å². The second kappa shape index (κ2) is 11.0. The van der Waals surface area contributed by atoms with Crippen molar-refractivity contribution in [2.75, 3.05) is 18.5 Å². The third-order valence-electron chi connectivity index (χ3n) is 7.01. The van der Waals surface area contributed by atoms with Gasteiger partial charge in [-0.3, -0.25) is 9.36 Å². The summed E-state index contributed by atoms with van der Waals surface area (Å²) in [5.41, 5.74) is 3.37. The van der Waals surface area contributed by atoms with E-state index in [1.807, 2.05) is 30.3 Å². The van der Waals surface area contributed by atoms with Gasteiger partial charge in [-0.1, -0.05) is 72.3 Å². The summed E-state index contributed by atoms with van der Waals surface area (Å²) in [6.07, 6.45) is 3.48. The predicted molar refractivity (Wildman–Crippen MR) is 153 cm³/mol. The highest BCUT2D eigenvalue weighted by Crippen LogP contribution is 2.33. The molecule has 0 saturated carbocycles. The maximum absolute atomic E-state index is 14.4. The SMILES string of the molecule is O=c1c(-c2ccc(-c3ccccc3F)cc2Cl)cc2cnc(NC3CCOCC3)nc2n1Cc1ccccc1. The first-order valence-electron chi connectivity index (χ1n) is 12.9. The lowest BCUT2D eigenvalue weighted by atomic mass is 10.00. The van der Waals surface area contributed by atoms with Crippen LogP contribution in [0.5, 0.6) is 0 Å². The van der Waals surface area contributed by atoms with Gasteiger partial charge in [-0.25, -0.2) is 9.37 Å². The lowest BCUT2D eigenvalue weighted by Crippen LogP contribution is -2.29. The molecule has 0 atom stereocenters. The lowest BCUT2D eigenvalue weighted by Gasteiger charge is -2.23. The topological polar surface area (TPSA) is 69.0 Å². The average Bonchev–Trinajstić information content (AvgIpc) is 2.96. The molecule has 1 saturated heterocycles. The summed E-state index contributed by atoms with van der Waals surface area (Å²) in [6, 6.07) is 23.5. The number of aromatic nitrogens is 3. The molecule has 2 aromatic heterocycles. The van der Waals surface area contributed by atoms with Crippen molar-refractivity contribution >= 4 is 28.6 Å². The molecule has 1 aliphatic heterocycles. The molecular weight excluding hydrogens is 515 g/mol. The Hall–Kier alpha value is -4.07. The third kappa shape index (κ3) is 5.28. The first-order valence-corrected chi connectivity index (χ1v) is 13.3. The molecule has 0 spiro atoms. The highest BCUT2D eigenvalue weighted by atomic mass is 35.5. The van der Waals surface area contributed by atoms with Gasteiger partial charge < -0.3 is 10.1 Å². The molecule has 8 heteroatoms. The van der Waals surface area contributed by atoms with Crippen LogP contribution in [0.1, 0.15) is 18.4 Å². The second-order valence-electron chi connectivity index (χ2n) is 9.61. The van der Waals surface area contributed by atoms with Gasteiger partial charge in [0.05, 0.1) is 6.54 Å². The molecule has 0 aliphatic carbocycles. The summed E-state index contributed by atoms with van der Waals surface area (Å²) in [4.78, 5) is 23.3. The van der Waals surface area contributed by atoms with Crippen molar-refractivity contribution in [3.05, 3.63) is 112 Å². The van der Waals surface area contributed by atoms with Crippen LogP contribution in [0.4, 0.5) is 10.3 Å². The largest absolute Gasteiger partial charge is 0.381 e. The summed E-state index contributed by atoms with van der Waals surface area (Å²) in [5.74, 6) is 0.148. The monoisotopic (exact) mass is 540 g/mol. The van der Waals surface area contributed by atoms with Crippen LogP contribution >= 0.6 is 11.6 Å². The number of nitrogens with zero attached hydrogens (tertiary/aromatic N) is 3. The van der Waals surface area contributed by atoms with Gasteiger partial charge in [-0.05, 0) is 42.2 Å². The molecule has 0 unspecified atom stereocenters. The smallest absolute Gasteiger partial charge is 0.260 e. The molecule has 0 radical (unpaired) electrons. The molecule has 3 heterocycles.